The lowest BCUT2D eigenvalue weighted by Crippen LogP contribution is -2.29. The van der Waals surface area contributed by atoms with E-state index in [1.165, 1.54) is 0 Å². The van der Waals surface area contributed by atoms with E-state index in [0.717, 1.165) is 35.3 Å². The zero-order valence-electron chi connectivity index (χ0n) is 10.0. The van der Waals surface area contributed by atoms with E-state index < -0.39 is 0 Å². The molecular weight excluding hydrogens is 300 g/mol. The SMILES string of the molecule is CCCCNC(=S)Nc1cc(OC)ccc1Br. The smallest absolute Gasteiger partial charge is 0.170 e. The van der Waals surface area contributed by atoms with Crippen LogP contribution in [0.3, 0.4) is 0 Å². The molecule has 94 valence electrons. The first-order valence-electron chi connectivity index (χ1n) is 5.55. The van der Waals surface area contributed by atoms with Crippen molar-refractivity contribution < 1.29 is 4.74 Å². The van der Waals surface area contributed by atoms with Crippen molar-refractivity contribution in [2.45, 2.75) is 19.8 Å². The molecule has 1 aromatic rings. The standard InChI is InChI=1S/C12H17BrN2OS/c1-3-4-7-14-12(17)15-11-8-9(16-2)5-6-10(11)13/h5-6,8H,3-4,7H2,1-2H3,(H2,14,15,17). The van der Waals surface area contributed by atoms with Gasteiger partial charge in [-0.25, -0.2) is 0 Å². The molecule has 0 aliphatic rings. The summed E-state index contributed by atoms with van der Waals surface area (Å²) in [4.78, 5) is 0. The Morgan fingerprint density at radius 3 is 2.88 bits per heavy atom. The van der Waals surface area contributed by atoms with Crippen LogP contribution in [-0.4, -0.2) is 18.8 Å². The summed E-state index contributed by atoms with van der Waals surface area (Å²) in [6.45, 7) is 3.04. The van der Waals surface area contributed by atoms with Gasteiger partial charge in [0.05, 0.1) is 12.8 Å². The van der Waals surface area contributed by atoms with Gasteiger partial charge in [-0.15, -0.1) is 0 Å². The lowest BCUT2D eigenvalue weighted by atomic mass is 10.3. The number of halogens is 1. The van der Waals surface area contributed by atoms with Crippen molar-refractivity contribution in [3.05, 3.63) is 22.7 Å². The summed E-state index contributed by atoms with van der Waals surface area (Å²) in [7, 11) is 1.64. The molecule has 0 unspecified atom stereocenters. The van der Waals surface area contributed by atoms with Crippen LogP contribution in [0.5, 0.6) is 5.75 Å². The van der Waals surface area contributed by atoms with Crippen LogP contribution in [0, 0.1) is 0 Å². The summed E-state index contributed by atoms with van der Waals surface area (Å²) in [5.41, 5.74) is 0.901. The molecule has 0 aliphatic heterocycles. The van der Waals surface area contributed by atoms with Crippen LogP contribution in [0.1, 0.15) is 19.8 Å². The molecule has 0 saturated carbocycles. The predicted molar refractivity (Wildman–Crippen MR) is 79.8 cm³/mol. The summed E-state index contributed by atoms with van der Waals surface area (Å²) >= 11 is 8.67. The number of hydrogen-bond acceptors (Lipinski definition) is 2. The van der Waals surface area contributed by atoms with Crippen LogP contribution in [0.2, 0.25) is 0 Å². The van der Waals surface area contributed by atoms with E-state index >= 15 is 0 Å². The van der Waals surface area contributed by atoms with Crippen molar-refractivity contribution in [2.75, 3.05) is 19.0 Å². The second-order valence-corrected chi connectivity index (χ2v) is 4.84. The lowest BCUT2D eigenvalue weighted by molar-refractivity contribution is 0.415. The number of benzene rings is 1. The van der Waals surface area contributed by atoms with E-state index in [9.17, 15) is 0 Å². The molecule has 0 saturated heterocycles. The fraction of sp³-hybridized carbons (Fsp3) is 0.417. The third-order valence-corrected chi connectivity index (χ3v) is 3.18. The molecular formula is C12H17BrN2OS. The molecule has 1 aromatic carbocycles. The number of rotatable bonds is 5. The second kappa shape index (κ2) is 7.50. The minimum absolute atomic E-state index is 0.632. The van der Waals surface area contributed by atoms with Gasteiger partial charge in [0.2, 0.25) is 0 Å². The van der Waals surface area contributed by atoms with E-state index in [4.69, 9.17) is 17.0 Å². The number of thiocarbonyl (C=S) groups is 1. The number of anilines is 1. The van der Waals surface area contributed by atoms with Gasteiger partial charge in [-0.05, 0) is 46.7 Å². The summed E-state index contributed by atoms with van der Waals surface area (Å²) in [6.07, 6.45) is 2.26. The Balaban J connectivity index is 2.57. The maximum absolute atomic E-state index is 5.20. The fourth-order valence-corrected chi connectivity index (χ4v) is 1.83. The first-order valence-corrected chi connectivity index (χ1v) is 6.76. The maximum Gasteiger partial charge on any atom is 0.170 e. The van der Waals surface area contributed by atoms with E-state index in [1.54, 1.807) is 7.11 Å². The van der Waals surface area contributed by atoms with Crippen LogP contribution in [0.25, 0.3) is 0 Å². The molecule has 0 amide bonds. The van der Waals surface area contributed by atoms with Gasteiger partial charge in [-0.3, -0.25) is 0 Å². The van der Waals surface area contributed by atoms with Gasteiger partial charge in [0.1, 0.15) is 5.75 Å². The van der Waals surface area contributed by atoms with Crippen molar-refractivity contribution in [1.82, 2.24) is 5.32 Å². The van der Waals surface area contributed by atoms with Gasteiger partial charge in [0.25, 0.3) is 0 Å². The lowest BCUT2D eigenvalue weighted by Gasteiger charge is -2.12. The Bertz CT molecular complexity index is 385. The highest BCUT2D eigenvalue weighted by Crippen LogP contribution is 2.26. The third kappa shape index (κ3) is 4.91. The van der Waals surface area contributed by atoms with E-state index in [-0.39, 0.29) is 0 Å². The zero-order valence-corrected chi connectivity index (χ0v) is 12.5. The van der Waals surface area contributed by atoms with Crippen molar-refractivity contribution in [1.29, 1.82) is 0 Å². The maximum atomic E-state index is 5.20. The zero-order chi connectivity index (χ0) is 12.7. The molecule has 0 aromatic heterocycles. The van der Waals surface area contributed by atoms with Gasteiger partial charge < -0.3 is 15.4 Å². The highest BCUT2D eigenvalue weighted by molar-refractivity contribution is 9.10. The average Bonchev–Trinajstić information content (AvgIpc) is 2.32. The molecule has 0 bridgehead atoms. The topological polar surface area (TPSA) is 33.3 Å². The predicted octanol–water partition coefficient (Wildman–Crippen LogP) is 3.54. The monoisotopic (exact) mass is 316 g/mol. The molecule has 0 radical (unpaired) electrons. The average molecular weight is 317 g/mol. The van der Waals surface area contributed by atoms with E-state index in [0.29, 0.717) is 5.11 Å². The number of ether oxygens (including phenoxy) is 1. The number of hydrogen-bond donors (Lipinski definition) is 2. The van der Waals surface area contributed by atoms with Gasteiger partial charge >= 0.3 is 0 Å². The molecule has 2 N–H and O–H groups in total. The molecule has 0 heterocycles. The molecule has 1 rings (SSSR count). The van der Waals surface area contributed by atoms with E-state index in [2.05, 4.69) is 33.5 Å². The van der Waals surface area contributed by atoms with Crippen molar-refractivity contribution in [3.8, 4) is 5.75 Å². The van der Waals surface area contributed by atoms with Crippen molar-refractivity contribution >= 4 is 38.9 Å². The fourth-order valence-electron chi connectivity index (χ4n) is 1.27. The third-order valence-electron chi connectivity index (χ3n) is 2.24. The molecule has 5 heteroatoms. The molecule has 0 fully saturated rings. The summed E-state index contributed by atoms with van der Waals surface area (Å²) in [6, 6.07) is 5.72. The minimum Gasteiger partial charge on any atom is -0.497 e. The first kappa shape index (κ1) is 14.3. The van der Waals surface area contributed by atoms with Crippen LogP contribution >= 0.6 is 28.1 Å². The van der Waals surface area contributed by atoms with Crippen molar-refractivity contribution in [2.24, 2.45) is 0 Å². The quantitative estimate of drug-likeness (QED) is 0.643. The Kier molecular flexibility index (Phi) is 6.29. The van der Waals surface area contributed by atoms with Gasteiger partial charge in [-0.1, -0.05) is 13.3 Å². The summed E-state index contributed by atoms with van der Waals surface area (Å²) < 4.78 is 6.12. The van der Waals surface area contributed by atoms with Crippen LogP contribution in [-0.2, 0) is 0 Å². The second-order valence-electron chi connectivity index (χ2n) is 3.58. The highest BCUT2D eigenvalue weighted by atomic mass is 79.9. The first-order chi connectivity index (χ1) is 8.17. The number of methoxy groups -OCH3 is 1. The van der Waals surface area contributed by atoms with E-state index in [1.807, 2.05) is 18.2 Å². The summed E-state index contributed by atoms with van der Waals surface area (Å²) in [5.74, 6) is 0.798. The van der Waals surface area contributed by atoms with Crippen LogP contribution < -0.4 is 15.4 Å². The molecule has 3 nitrogen and oxygen atoms in total. The van der Waals surface area contributed by atoms with Gasteiger partial charge in [0.15, 0.2) is 5.11 Å². The van der Waals surface area contributed by atoms with Gasteiger partial charge in [-0.2, -0.15) is 0 Å². The Labute approximate surface area is 116 Å². The van der Waals surface area contributed by atoms with Crippen molar-refractivity contribution in [3.63, 3.8) is 0 Å². The largest absolute Gasteiger partial charge is 0.497 e. The number of unbranched alkanes of at least 4 members (excludes halogenated alkanes) is 1. The minimum atomic E-state index is 0.632. The molecule has 0 atom stereocenters. The Morgan fingerprint density at radius 1 is 1.47 bits per heavy atom. The Morgan fingerprint density at radius 2 is 2.24 bits per heavy atom. The Hall–Kier alpha value is -0.810. The highest BCUT2D eigenvalue weighted by Gasteiger charge is 2.03. The molecule has 0 aliphatic carbocycles. The normalized spacial score (nSPS) is 9.82. The summed E-state index contributed by atoms with van der Waals surface area (Å²) in [5, 5.41) is 6.92. The molecule has 0 spiro atoms. The van der Waals surface area contributed by atoms with Crippen LogP contribution in [0.4, 0.5) is 5.69 Å². The van der Waals surface area contributed by atoms with Gasteiger partial charge in [0, 0.05) is 17.1 Å². The molecule has 17 heavy (non-hydrogen) atoms. The van der Waals surface area contributed by atoms with Crippen LogP contribution in [0.15, 0.2) is 22.7 Å². The number of nitrogens with one attached hydrogen (secondary N) is 2.